The van der Waals surface area contributed by atoms with Crippen LogP contribution in [0.3, 0.4) is 0 Å². The molecule has 0 unspecified atom stereocenters. The zero-order chi connectivity index (χ0) is 15.6. The molecular formula is C16H26N4O2. The summed E-state index contributed by atoms with van der Waals surface area (Å²) >= 11 is 0. The highest BCUT2D eigenvalue weighted by atomic mass is 16.5. The molecule has 22 heavy (non-hydrogen) atoms. The Morgan fingerprint density at radius 2 is 1.41 bits per heavy atom. The number of morpholine rings is 2. The molecule has 2 fully saturated rings. The van der Waals surface area contributed by atoms with Gasteiger partial charge in [-0.25, -0.2) is 4.98 Å². The monoisotopic (exact) mass is 306 g/mol. The molecule has 0 radical (unpaired) electrons. The van der Waals surface area contributed by atoms with E-state index in [0.717, 1.165) is 70.1 Å². The summed E-state index contributed by atoms with van der Waals surface area (Å²) in [6, 6.07) is 2.13. The van der Waals surface area contributed by atoms with Crippen molar-refractivity contribution in [2.24, 2.45) is 0 Å². The molecule has 2 aliphatic heterocycles. The highest BCUT2D eigenvalue weighted by molar-refractivity contribution is 5.47. The van der Waals surface area contributed by atoms with E-state index in [1.807, 2.05) is 0 Å². The Labute approximate surface area is 132 Å². The van der Waals surface area contributed by atoms with Crippen molar-refractivity contribution in [1.82, 2.24) is 9.97 Å². The average molecular weight is 306 g/mol. The van der Waals surface area contributed by atoms with E-state index in [1.54, 1.807) is 0 Å². The van der Waals surface area contributed by atoms with Crippen LogP contribution in [0.4, 0.5) is 11.8 Å². The van der Waals surface area contributed by atoms with Crippen molar-refractivity contribution in [2.75, 3.05) is 62.4 Å². The second-order valence-corrected chi connectivity index (χ2v) is 6.86. The number of anilines is 2. The molecule has 0 aliphatic carbocycles. The van der Waals surface area contributed by atoms with Gasteiger partial charge in [0.15, 0.2) is 0 Å². The summed E-state index contributed by atoms with van der Waals surface area (Å²) in [6.45, 7) is 13.1. The minimum Gasteiger partial charge on any atom is -0.378 e. The lowest BCUT2D eigenvalue weighted by Gasteiger charge is -2.32. The second-order valence-electron chi connectivity index (χ2n) is 6.86. The first-order valence-corrected chi connectivity index (χ1v) is 8.09. The molecule has 122 valence electrons. The van der Waals surface area contributed by atoms with Gasteiger partial charge in [-0.2, -0.15) is 4.98 Å². The quantitative estimate of drug-likeness (QED) is 0.824. The van der Waals surface area contributed by atoms with E-state index >= 15 is 0 Å². The molecule has 0 saturated carbocycles. The first-order valence-electron chi connectivity index (χ1n) is 8.09. The van der Waals surface area contributed by atoms with Gasteiger partial charge in [0.2, 0.25) is 5.95 Å². The molecule has 0 aromatic carbocycles. The lowest BCUT2D eigenvalue weighted by atomic mass is 9.92. The Kier molecular flexibility index (Phi) is 4.49. The summed E-state index contributed by atoms with van der Waals surface area (Å²) in [4.78, 5) is 14.2. The maximum absolute atomic E-state index is 5.45. The fourth-order valence-corrected chi connectivity index (χ4v) is 2.67. The van der Waals surface area contributed by atoms with Gasteiger partial charge < -0.3 is 19.3 Å². The highest BCUT2D eigenvalue weighted by Crippen LogP contribution is 2.27. The van der Waals surface area contributed by atoms with E-state index in [-0.39, 0.29) is 5.41 Å². The van der Waals surface area contributed by atoms with Gasteiger partial charge >= 0.3 is 0 Å². The number of rotatable bonds is 2. The Morgan fingerprint density at radius 3 is 1.95 bits per heavy atom. The predicted octanol–water partition coefficient (Wildman–Crippen LogP) is 1.45. The van der Waals surface area contributed by atoms with E-state index in [2.05, 4.69) is 36.6 Å². The fourth-order valence-electron chi connectivity index (χ4n) is 2.67. The van der Waals surface area contributed by atoms with Gasteiger partial charge in [0.05, 0.1) is 32.1 Å². The third kappa shape index (κ3) is 3.50. The van der Waals surface area contributed by atoms with Crippen LogP contribution in [-0.4, -0.2) is 62.6 Å². The smallest absolute Gasteiger partial charge is 0.227 e. The summed E-state index contributed by atoms with van der Waals surface area (Å²) in [7, 11) is 0. The molecule has 0 N–H and O–H groups in total. The molecule has 6 heteroatoms. The van der Waals surface area contributed by atoms with Crippen LogP contribution in [0.5, 0.6) is 0 Å². The first-order chi connectivity index (χ1) is 10.5. The van der Waals surface area contributed by atoms with Crippen LogP contribution in [-0.2, 0) is 14.9 Å². The van der Waals surface area contributed by atoms with Crippen molar-refractivity contribution in [3.05, 3.63) is 11.8 Å². The minimum atomic E-state index is 0.00497. The molecule has 6 nitrogen and oxygen atoms in total. The SMILES string of the molecule is CC(C)(C)c1cc(N2CCOCC2)nc(N2CCOCC2)n1. The first kappa shape index (κ1) is 15.5. The van der Waals surface area contributed by atoms with Gasteiger partial charge in [-0.1, -0.05) is 20.8 Å². The molecule has 3 heterocycles. The van der Waals surface area contributed by atoms with Gasteiger partial charge in [0.1, 0.15) is 5.82 Å². The van der Waals surface area contributed by atoms with Crippen molar-refractivity contribution < 1.29 is 9.47 Å². The van der Waals surface area contributed by atoms with Gasteiger partial charge in [0, 0.05) is 37.7 Å². The van der Waals surface area contributed by atoms with Crippen LogP contribution in [0.1, 0.15) is 26.5 Å². The third-order valence-corrected chi connectivity index (χ3v) is 4.10. The highest BCUT2D eigenvalue weighted by Gasteiger charge is 2.23. The van der Waals surface area contributed by atoms with Crippen molar-refractivity contribution in [1.29, 1.82) is 0 Å². The Hall–Kier alpha value is -1.40. The van der Waals surface area contributed by atoms with Crippen LogP contribution in [0, 0.1) is 0 Å². The molecule has 1 aromatic heterocycles. The summed E-state index contributed by atoms with van der Waals surface area (Å²) in [5.41, 5.74) is 1.09. The molecule has 0 atom stereocenters. The third-order valence-electron chi connectivity index (χ3n) is 4.10. The molecule has 2 saturated heterocycles. The Morgan fingerprint density at radius 1 is 0.864 bits per heavy atom. The lowest BCUT2D eigenvalue weighted by molar-refractivity contribution is 0.121. The summed E-state index contributed by atoms with van der Waals surface area (Å²) in [5.74, 6) is 1.85. The summed E-state index contributed by atoms with van der Waals surface area (Å²) < 4.78 is 10.9. The van der Waals surface area contributed by atoms with Crippen LogP contribution >= 0.6 is 0 Å². The fraction of sp³-hybridized carbons (Fsp3) is 0.750. The Balaban J connectivity index is 1.93. The van der Waals surface area contributed by atoms with E-state index in [9.17, 15) is 0 Å². The molecule has 0 amide bonds. The Bertz CT molecular complexity index is 467. The number of hydrogen-bond acceptors (Lipinski definition) is 6. The van der Waals surface area contributed by atoms with Crippen LogP contribution in [0.2, 0.25) is 0 Å². The average Bonchev–Trinajstić information content (AvgIpc) is 2.55. The molecule has 0 spiro atoms. The minimum absolute atomic E-state index is 0.00497. The van der Waals surface area contributed by atoms with Gasteiger partial charge in [-0.3, -0.25) is 0 Å². The molecule has 2 aliphatic rings. The van der Waals surface area contributed by atoms with Crippen molar-refractivity contribution >= 4 is 11.8 Å². The standard InChI is InChI=1S/C16H26N4O2/c1-16(2,3)13-12-14(19-4-8-21-9-5-19)18-15(17-13)20-6-10-22-11-7-20/h12H,4-11H2,1-3H3. The molecule has 3 rings (SSSR count). The maximum atomic E-state index is 5.45. The summed E-state index contributed by atoms with van der Waals surface area (Å²) in [5, 5.41) is 0. The summed E-state index contributed by atoms with van der Waals surface area (Å²) in [6.07, 6.45) is 0. The topological polar surface area (TPSA) is 50.7 Å². The molecular weight excluding hydrogens is 280 g/mol. The molecule has 1 aromatic rings. The van der Waals surface area contributed by atoms with Crippen LogP contribution < -0.4 is 9.80 Å². The number of hydrogen-bond donors (Lipinski definition) is 0. The number of nitrogens with zero attached hydrogens (tertiary/aromatic N) is 4. The zero-order valence-corrected chi connectivity index (χ0v) is 13.8. The van der Waals surface area contributed by atoms with Crippen LogP contribution in [0.15, 0.2) is 6.07 Å². The lowest BCUT2D eigenvalue weighted by Crippen LogP contribution is -2.40. The van der Waals surface area contributed by atoms with E-state index < -0.39 is 0 Å². The van der Waals surface area contributed by atoms with E-state index in [4.69, 9.17) is 19.4 Å². The van der Waals surface area contributed by atoms with Crippen LogP contribution in [0.25, 0.3) is 0 Å². The number of aromatic nitrogens is 2. The van der Waals surface area contributed by atoms with Crippen molar-refractivity contribution in [2.45, 2.75) is 26.2 Å². The van der Waals surface area contributed by atoms with Crippen molar-refractivity contribution in [3.63, 3.8) is 0 Å². The maximum Gasteiger partial charge on any atom is 0.227 e. The van der Waals surface area contributed by atoms with E-state index in [0.29, 0.717) is 0 Å². The predicted molar refractivity (Wildman–Crippen MR) is 86.8 cm³/mol. The normalized spacial score (nSPS) is 20.3. The molecule has 0 bridgehead atoms. The largest absolute Gasteiger partial charge is 0.378 e. The van der Waals surface area contributed by atoms with Gasteiger partial charge in [0.25, 0.3) is 0 Å². The van der Waals surface area contributed by atoms with Gasteiger partial charge in [-0.05, 0) is 0 Å². The van der Waals surface area contributed by atoms with Gasteiger partial charge in [-0.15, -0.1) is 0 Å². The van der Waals surface area contributed by atoms with Crippen molar-refractivity contribution in [3.8, 4) is 0 Å². The number of ether oxygens (including phenoxy) is 2. The zero-order valence-electron chi connectivity index (χ0n) is 13.8. The van der Waals surface area contributed by atoms with E-state index in [1.165, 1.54) is 0 Å². The second kappa shape index (κ2) is 6.38.